The van der Waals surface area contributed by atoms with Crippen LogP contribution < -0.4 is 42.2 Å². The molecule has 0 saturated heterocycles. The highest BCUT2D eigenvalue weighted by atomic mass is 31.2. The van der Waals surface area contributed by atoms with E-state index >= 15 is 0 Å². The van der Waals surface area contributed by atoms with Crippen LogP contribution in [0.3, 0.4) is 0 Å². The molecule has 462 valence electrons. The molecule has 2 aliphatic rings. The lowest BCUT2D eigenvalue weighted by Gasteiger charge is -2.25. The van der Waals surface area contributed by atoms with Crippen LogP contribution in [0.25, 0.3) is 0 Å². The second kappa shape index (κ2) is 34.3. The smallest absolute Gasteiger partial charge is 0.337 e. The van der Waals surface area contributed by atoms with Crippen LogP contribution in [0.1, 0.15) is 95.6 Å². The molecule has 8 rings (SSSR count). The molecule has 14 N–H and O–H groups in total. The quantitative estimate of drug-likeness (QED) is 0.00831. The number of aliphatic hydroxyl groups is 2. The number of aromatic hydroxyl groups is 3. The molecular formula is C60H74N6O18P2. The van der Waals surface area contributed by atoms with E-state index in [1.165, 1.54) is 12.1 Å². The third-order valence-corrected chi connectivity index (χ3v) is 15.9. The lowest BCUT2D eigenvalue weighted by atomic mass is 9.81. The SMILES string of the molecule is CCOP(=O)(CC=O)OCC.CCOP(=O)(O)CCNc1ccc(NCCNCCO)c2c1C(=O)c1c(O)ccc(O)c1C2=O.NCCNCCO.Nc1ccc(O)c2c1C(=O)c1c(OCc3ccccc3)ccc(OCc3ccccc3)c1C2=O. The van der Waals surface area contributed by atoms with Crippen LogP contribution in [0, 0.1) is 0 Å². The summed E-state index contributed by atoms with van der Waals surface area (Å²) in [6.45, 7) is 9.58. The summed E-state index contributed by atoms with van der Waals surface area (Å²) in [6.07, 6.45) is 0.164. The van der Waals surface area contributed by atoms with E-state index in [1.54, 1.807) is 45.0 Å². The Morgan fingerprint density at radius 3 is 1.36 bits per heavy atom. The van der Waals surface area contributed by atoms with E-state index in [1.807, 2.05) is 60.7 Å². The average molecular weight is 1230 g/mol. The van der Waals surface area contributed by atoms with Crippen molar-refractivity contribution in [3.8, 4) is 28.7 Å². The van der Waals surface area contributed by atoms with E-state index in [4.69, 9.17) is 44.7 Å². The number of nitrogens with two attached hydrogens (primary N) is 2. The fourth-order valence-corrected chi connectivity index (χ4v) is 10.9. The van der Waals surface area contributed by atoms with Gasteiger partial charge < -0.3 is 91.0 Å². The zero-order valence-corrected chi connectivity index (χ0v) is 49.7. The van der Waals surface area contributed by atoms with Crippen molar-refractivity contribution >= 4 is 61.7 Å². The zero-order valence-electron chi connectivity index (χ0n) is 47.9. The third-order valence-electron chi connectivity index (χ3n) is 12.5. The Morgan fingerprint density at radius 1 is 0.500 bits per heavy atom. The number of nitrogens with one attached hydrogen (secondary N) is 4. The van der Waals surface area contributed by atoms with Gasteiger partial charge in [-0.25, -0.2) is 0 Å². The topological polar surface area (TPSA) is 387 Å². The summed E-state index contributed by atoms with van der Waals surface area (Å²) in [4.78, 5) is 73.9. The Balaban J connectivity index is 0.000000245. The van der Waals surface area contributed by atoms with Gasteiger partial charge in [-0.1, -0.05) is 60.7 Å². The number of carbonyl (C=O) groups excluding carboxylic acids is 5. The van der Waals surface area contributed by atoms with Crippen LogP contribution in [0.5, 0.6) is 28.7 Å². The Kier molecular flexibility index (Phi) is 27.5. The molecule has 86 heavy (non-hydrogen) atoms. The van der Waals surface area contributed by atoms with Gasteiger partial charge in [0.1, 0.15) is 54.4 Å². The molecule has 0 saturated carbocycles. The molecule has 0 aromatic heterocycles. The first kappa shape index (κ1) is 68.9. The predicted octanol–water partition coefficient (Wildman–Crippen LogP) is 6.39. The van der Waals surface area contributed by atoms with Gasteiger partial charge in [0.2, 0.25) is 23.1 Å². The molecule has 6 aromatic carbocycles. The Labute approximate surface area is 497 Å². The van der Waals surface area contributed by atoms with Gasteiger partial charge in [0.05, 0.1) is 83.7 Å². The van der Waals surface area contributed by atoms with Crippen molar-refractivity contribution in [2.45, 2.75) is 34.0 Å². The second-order valence-electron chi connectivity index (χ2n) is 18.5. The number of phenols is 3. The number of hydrogen-bond donors (Lipinski definition) is 12. The van der Waals surface area contributed by atoms with E-state index in [0.29, 0.717) is 57.9 Å². The number of aliphatic hydroxyl groups excluding tert-OH is 2. The lowest BCUT2D eigenvalue weighted by Crippen LogP contribution is -2.27. The van der Waals surface area contributed by atoms with Gasteiger partial charge in [-0.3, -0.25) is 28.3 Å². The van der Waals surface area contributed by atoms with E-state index in [-0.39, 0.29) is 125 Å². The van der Waals surface area contributed by atoms with Crippen molar-refractivity contribution in [1.82, 2.24) is 10.6 Å². The van der Waals surface area contributed by atoms with E-state index in [9.17, 15) is 53.3 Å². The third kappa shape index (κ3) is 18.6. The molecule has 1 atom stereocenters. The molecule has 6 aromatic rings. The number of anilines is 3. The highest BCUT2D eigenvalue weighted by molar-refractivity contribution is 7.54. The number of nitrogen functional groups attached to an aromatic ring is 1. The fourth-order valence-electron chi connectivity index (χ4n) is 8.74. The van der Waals surface area contributed by atoms with Gasteiger partial charge >= 0.3 is 15.2 Å². The van der Waals surface area contributed by atoms with Crippen molar-refractivity contribution in [3.63, 3.8) is 0 Å². The minimum atomic E-state index is -3.81. The zero-order chi connectivity index (χ0) is 62.8. The molecule has 0 radical (unpaired) electrons. The number of hydrogen-bond acceptors (Lipinski definition) is 23. The second-order valence-corrected chi connectivity index (χ2v) is 22.6. The number of aldehydes is 1. The summed E-state index contributed by atoms with van der Waals surface area (Å²) in [5.74, 6) is -3.04. The number of phenolic OH excluding ortho intramolecular Hbond substituents is 3. The molecule has 0 heterocycles. The first-order chi connectivity index (χ1) is 41.4. The number of ether oxygens (including phenoxy) is 2. The molecule has 0 spiro atoms. The normalized spacial score (nSPS) is 12.7. The highest BCUT2D eigenvalue weighted by Gasteiger charge is 2.40. The largest absolute Gasteiger partial charge is 0.507 e. The summed E-state index contributed by atoms with van der Waals surface area (Å²) < 4.78 is 49.7. The first-order valence-electron chi connectivity index (χ1n) is 27.5. The van der Waals surface area contributed by atoms with Crippen molar-refractivity contribution in [1.29, 1.82) is 0 Å². The Hall–Kier alpha value is -7.83. The monoisotopic (exact) mass is 1230 g/mol. The van der Waals surface area contributed by atoms with Gasteiger partial charge in [-0.15, -0.1) is 0 Å². The fraction of sp³-hybridized carbons (Fsp3) is 0.317. The number of rotatable bonds is 28. The number of ketones is 4. The van der Waals surface area contributed by atoms with Gasteiger partial charge in [0.25, 0.3) is 0 Å². The van der Waals surface area contributed by atoms with Crippen molar-refractivity contribution in [2.24, 2.45) is 5.73 Å². The van der Waals surface area contributed by atoms with Crippen LogP contribution in [0.4, 0.5) is 17.1 Å². The summed E-state index contributed by atoms with van der Waals surface area (Å²) in [5.41, 5.74) is 13.1. The van der Waals surface area contributed by atoms with Crippen LogP contribution >= 0.6 is 15.2 Å². The van der Waals surface area contributed by atoms with Crippen molar-refractivity contribution < 1.29 is 86.6 Å². The first-order valence-corrected chi connectivity index (χ1v) is 31.0. The average Bonchev–Trinajstić information content (AvgIpc) is 0.808. The maximum absolute atomic E-state index is 13.6. The highest BCUT2D eigenvalue weighted by Crippen LogP contribution is 2.48. The Bertz CT molecular complexity index is 3250. The van der Waals surface area contributed by atoms with Crippen LogP contribution in [-0.2, 0) is 40.7 Å². The Morgan fingerprint density at radius 2 is 0.919 bits per heavy atom. The number of benzene rings is 6. The molecule has 0 fully saturated rings. The summed E-state index contributed by atoms with van der Waals surface area (Å²) in [5, 5.41) is 59.9. The van der Waals surface area contributed by atoms with Crippen LogP contribution in [0.2, 0.25) is 0 Å². The van der Waals surface area contributed by atoms with Crippen molar-refractivity contribution in [2.75, 3.05) is 108 Å². The van der Waals surface area contributed by atoms with E-state index in [0.717, 1.165) is 29.8 Å². The summed E-state index contributed by atoms with van der Waals surface area (Å²) in [6, 6.07) is 30.4. The minimum Gasteiger partial charge on any atom is -0.507 e. The molecular weight excluding hydrogens is 1150 g/mol. The van der Waals surface area contributed by atoms with Gasteiger partial charge in [-0.05, 0) is 80.4 Å². The lowest BCUT2D eigenvalue weighted by molar-refractivity contribution is -0.106. The number of fused-ring (bicyclic) bond motifs is 4. The summed E-state index contributed by atoms with van der Waals surface area (Å²) in [7, 11) is -6.90. The van der Waals surface area contributed by atoms with Gasteiger partial charge in [-0.2, -0.15) is 0 Å². The van der Waals surface area contributed by atoms with Gasteiger partial charge in [0.15, 0.2) is 0 Å². The molecule has 0 bridgehead atoms. The van der Waals surface area contributed by atoms with E-state index < -0.39 is 49.8 Å². The van der Waals surface area contributed by atoms with Crippen molar-refractivity contribution in [3.05, 3.63) is 165 Å². The van der Waals surface area contributed by atoms with Gasteiger partial charge in [0, 0.05) is 62.9 Å². The molecule has 2 aliphatic carbocycles. The maximum atomic E-state index is 13.6. The number of carbonyl (C=O) groups is 5. The molecule has 0 aliphatic heterocycles. The van der Waals surface area contributed by atoms with Crippen LogP contribution in [0.15, 0.2) is 109 Å². The molecule has 1 unspecified atom stereocenters. The summed E-state index contributed by atoms with van der Waals surface area (Å²) >= 11 is 0. The molecule has 24 nitrogen and oxygen atoms in total. The predicted molar refractivity (Wildman–Crippen MR) is 325 cm³/mol. The van der Waals surface area contributed by atoms with E-state index in [2.05, 4.69) is 21.3 Å². The molecule has 0 amide bonds. The minimum absolute atomic E-state index is 0.0155. The standard InChI is InChI=1S/C28H21NO5.C22H28N3O8P.C6H13O4P.C4H12N2O/c29-19-11-12-20(30)24-23(19)27(31)25-21(33-15-17-7-3-1-4-8-17)13-14-22(26(25)28(24)32)34-16-18-9-5-2-6-10-18;1-2-33-34(31,32)12-10-25-14-4-3-13(24-8-7-23-9-11-26)17-18(14)22(30)20-16(28)6-5-15(27)19(20)21(17)29;1-3-9-11(8,6-5-7)10-4-2;5-1-2-6-3-4-7/h1-14,30H,15-16,29H2;3-6,23-28H,2,7-12H2,1H3,(H,31,32);5H,3-4,6H2,1-2H3;6-7H,1-5H2. The van der Waals surface area contributed by atoms with Crippen LogP contribution in [-0.4, -0.2) is 151 Å². The maximum Gasteiger partial charge on any atom is 0.337 e. The molecule has 26 heteroatoms.